The van der Waals surface area contributed by atoms with E-state index in [1.807, 2.05) is 0 Å². The molecule has 3 aliphatic rings. The van der Waals surface area contributed by atoms with Crippen LogP contribution in [0.4, 0.5) is 0 Å². The Morgan fingerprint density at radius 2 is 2.25 bits per heavy atom. The van der Waals surface area contributed by atoms with Gasteiger partial charge in [-0.2, -0.15) is 5.26 Å². The molecule has 1 saturated heterocycles. The van der Waals surface area contributed by atoms with Gasteiger partial charge in [-0.05, 0) is 44.9 Å². The smallest absolute Gasteiger partial charge is 0.108 e. The van der Waals surface area contributed by atoms with Gasteiger partial charge in [0.15, 0.2) is 0 Å². The molecule has 1 heterocycles. The Balaban J connectivity index is 1.63. The SMILES string of the molecule is CCC1CN(C2CCCC(C#N)(NC3CC3)C2)CCO1. The lowest BCUT2D eigenvalue weighted by atomic mass is 9.79. The molecule has 0 bridgehead atoms. The van der Waals surface area contributed by atoms with Crippen LogP contribution < -0.4 is 5.32 Å². The van der Waals surface area contributed by atoms with Crippen LogP contribution in [0.1, 0.15) is 51.9 Å². The first-order valence-electron chi connectivity index (χ1n) is 8.29. The van der Waals surface area contributed by atoms with E-state index < -0.39 is 0 Å². The Bertz CT molecular complexity index is 376. The molecule has 2 aliphatic carbocycles. The van der Waals surface area contributed by atoms with Crippen LogP contribution in [-0.4, -0.2) is 48.3 Å². The van der Waals surface area contributed by atoms with Crippen LogP contribution in [0.5, 0.6) is 0 Å². The van der Waals surface area contributed by atoms with Gasteiger partial charge in [0, 0.05) is 25.2 Å². The molecule has 0 radical (unpaired) electrons. The monoisotopic (exact) mass is 277 g/mol. The Kier molecular flexibility index (Phi) is 4.30. The quantitative estimate of drug-likeness (QED) is 0.854. The summed E-state index contributed by atoms with van der Waals surface area (Å²) < 4.78 is 5.78. The maximum Gasteiger partial charge on any atom is 0.108 e. The van der Waals surface area contributed by atoms with Crippen molar-refractivity contribution in [3.05, 3.63) is 0 Å². The second kappa shape index (κ2) is 6.01. The van der Waals surface area contributed by atoms with Crippen molar-refractivity contribution in [3.63, 3.8) is 0 Å². The van der Waals surface area contributed by atoms with Crippen LogP contribution >= 0.6 is 0 Å². The lowest BCUT2D eigenvalue weighted by molar-refractivity contribution is -0.0530. The molecular weight excluding hydrogens is 250 g/mol. The molecule has 0 spiro atoms. The summed E-state index contributed by atoms with van der Waals surface area (Å²) in [6.45, 7) is 5.13. The van der Waals surface area contributed by atoms with Crippen molar-refractivity contribution in [2.45, 2.75) is 75.6 Å². The average molecular weight is 277 g/mol. The van der Waals surface area contributed by atoms with Crippen molar-refractivity contribution in [1.82, 2.24) is 10.2 Å². The summed E-state index contributed by atoms with van der Waals surface area (Å²) in [6.07, 6.45) is 8.42. The molecule has 1 aliphatic heterocycles. The van der Waals surface area contributed by atoms with Gasteiger partial charge in [0.2, 0.25) is 0 Å². The van der Waals surface area contributed by atoms with Crippen molar-refractivity contribution in [1.29, 1.82) is 5.26 Å². The fraction of sp³-hybridized carbons (Fsp3) is 0.938. The summed E-state index contributed by atoms with van der Waals surface area (Å²) in [6, 6.07) is 3.79. The predicted molar refractivity (Wildman–Crippen MR) is 78.4 cm³/mol. The number of rotatable bonds is 4. The number of ether oxygens (including phenoxy) is 1. The minimum Gasteiger partial charge on any atom is -0.376 e. The molecular formula is C16H27N3O. The molecule has 4 heteroatoms. The summed E-state index contributed by atoms with van der Waals surface area (Å²) in [5.41, 5.74) is -0.260. The molecule has 3 atom stereocenters. The number of nitrogens with zero attached hydrogens (tertiary/aromatic N) is 2. The van der Waals surface area contributed by atoms with Gasteiger partial charge in [0.1, 0.15) is 5.54 Å². The summed E-state index contributed by atoms with van der Waals surface area (Å²) in [4.78, 5) is 2.58. The Hall–Kier alpha value is -0.630. The minimum atomic E-state index is -0.260. The van der Waals surface area contributed by atoms with Crippen LogP contribution in [0.2, 0.25) is 0 Å². The van der Waals surface area contributed by atoms with Gasteiger partial charge in [-0.3, -0.25) is 10.2 Å². The van der Waals surface area contributed by atoms with Crippen molar-refractivity contribution < 1.29 is 4.74 Å². The molecule has 0 aromatic heterocycles. The fourth-order valence-corrected chi connectivity index (χ4v) is 3.76. The van der Waals surface area contributed by atoms with E-state index >= 15 is 0 Å². The number of nitrogens with one attached hydrogen (secondary N) is 1. The van der Waals surface area contributed by atoms with Gasteiger partial charge < -0.3 is 4.74 Å². The fourth-order valence-electron chi connectivity index (χ4n) is 3.76. The second-order valence-electron chi connectivity index (χ2n) is 6.76. The van der Waals surface area contributed by atoms with Crippen molar-refractivity contribution in [2.24, 2.45) is 0 Å². The first-order chi connectivity index (χ1) is 9.74. The first kappa shape index (κ1) is 14.3. The number of hydrogen-bond acceptors (Lipinski definition) is 4. The van der Waals surface area contributed by atoms with Gasteiger partial charge >= 0.3 is 0 Å². The zero-order valence-corrected chi connectivity index (χ0v) is 12.6. The largest absolute Gasteiger partial charge is 0.376 e. The predicted octanol–water partition coefficient (Wildman–Crippen LogP) is 2.05. The Labute approximate surface area is 122 Å². The normalized spacial score (nSPS) is 39.4. The Morgan fingerprint density at radius 1 is 1.40 bits per heavy atom. The van der Waals surface area contributed by atoms with Crippen LogP contribution in [0.3, 0.4) is 0 Å². The molecule has 3 rings (SSSR count). The van der Waals surface area contributed by atoms with E-state index in [9.17, 15) is 5.26 Å². The molecule has 3 unspecified atom stereocenters. The third-order valence-electron chi connectivity index (χ3n) is 5.14. The molecule has 1 N–H and O–H groups in total. The van der Waals surface area contributed by atoms with E-state index in [-0.39, 0.29) is 5.54 Å². The minimum absolute atomic E-state index is 0.260. The van der Waals surface area contributed by atoms with Crippen LogP contribution in [-0.2, 0) is 4.74 Å². The topological polar surface area (TPSA) is 48.3 Å². The molecule has 0 aromatic carbocycles. The number of morpholine rings is 1. The highest BCUT2D eigenvalue weighted by Crippen LogP contribution is 2.35. The molecule has 112 valence electrons. The zero-order valence-electron chi connectivity index (χ0n) is 12.6. The van der Waals surface area contributed by atoms with Gasteiger partial charge in [0.25, 0.3) is 0 Å². The molecule has 3 fully saturated rings. The number of hydrogen-bond donors (Lipinski definition) is 1. The molecule has 0 amide bonds. The highest BCUT2D eigenvalue weighted by molar-refractivity contribution is 5.13. The average Bonchev–Trinajstić information content (AvgIpc) is 3.31. The van der Waals surface area contributed by atoms with Crippen LogP contribution in [0, 0.1) is 11.3 Å². The lowest BCUT2D eigenvalue weighted by Crippen LogP contribution is -2.56. The third-order valence-corrected chi connectivity index (χ3v) is 5.14. The highest BCUT2D eigenvalue weighted by Gasteiger charge is 2.42. The molecule has 4 nitrogen and oxygen atoms in total. The molecule has 20 heavy (non-hydrogen) atoms. The van der Waals surface area contributed by atoms with Gasteiger partial charge in [-0.25, -0.2) is 0 Å². The highest BCUT2D eigenvalue weighted by atomic mass is 16.5. The van der Waals surface area contributed by atoms with Crippen molar-refractivity contribution in [2.75, 3.05) is 19.7 Å². The van der Waals surface area contributed by atoms with E-state index in [2.05, 4.69) is 23.2 Å². The standard InChI is InChI=1S/C16H27N3O/c1-2-15-11-19(8-9-20-15)14-4-3-7-16(10-14,12-17)18-13-5-6-13/h13-15,18H,2-11H2,1H3. The summed E-state index contributed by atoms with van der Waals surface area (Å²) >= 11 is 0. The van der Waals surface area contributed by atoms with Crippen LogP contribution in [0.25, 0.3) is 0 Å². The van der Waals surface area contributed by atoms with Gasteiger partial charge in [-0.1, -0.05) is 6.92 Å². The summed E-state index contributed by atoms with van der Waals surface area (Å²) in [5, 5.41) is 13.3. The van der Waals surface area contributed by atoms with Crippen molar-refractivity contribution >= 4 is 0 Å². The maximum atomic E-state index is 9.68. The van der Waals surface area contributed by atoms with Crippen molar-refractivity contribution in [3.8, 4) is 6.07 Å². The van der Waals surface area contributed by atoms with Gasteiger partial charge in [0.05, 0.1) is 18.8 Å². The lowest BCUT2D eigenvalue weighted by Gasteiger charge is -2.44. The van der Waals surface area contributed by atoms with Gasteiger partial charge in [-0.15, -0.1) is 0 Å². The molecule has 2 saturated carbocycles. The van der Waals surface area contributed by atoms with E-state index in [0.717, 1.165) is 39.0 Å². The Morgan fingerprint density at radius 3 is 2.95 bits per heavy atom. The maximum absolute atomic E-state index is 9.68. The summed E-state index contributed by atoms with van der Waals surface area (Å²) in [7, 11) is 0. The van der Waals surface area contributed by atoms with E-state index in [1.54, 1.807) is 0 Å². The van der Waals surface area contributed by atoms with E-state index in [1.165, 1.54) is 25.7 Å². The zero-order chi connectivity index (χ0) is 14.0. The number of nitriles is 1. The second-order valence-corrected chi connectivity index (χ2v) is 6.76. The third kappa shape index (κ3) is 3.16. The molecule has 0 aromatic rings. The van der Waals surface area contributed by atoms with Crippen LogP contribution in [0.15, 0.2) is 0 Å². The van der Waals surface area contributed by atoms with E-state index in [4.69, 9.17) is 4.74 Å². The first-order valence-corrected chi connectivity index (χ1v) is 8.29. The van der Waals surface area contributed by atoms with E-state index in [0.29, 0.717) is 18.2 Å². The summed E-state index contributed by atoms with van der Waals surface area (Å²) in [5.74, 6) is 0.